The fraction of sp³-hybridized carbons (Fsp3) is 0.118. The van der Waals surface area contributed by atoms with Gasteiger partial charge in [-0.25, -0.2) is 4.79 Å². The number of carbonyl (C=O) groups is 3. The van der Waals surface area contributed by atoms with Crippen LogP contribution < -0.4 is 10.6 Å². The molecule has 1 aliphatic heterocycles. The highest BCUT2D eigenvalue weighted by Crippen LogP contribution is 2.19. The van der Waals surface area contributed by atoms with Crippen molar-refractivity contribution in [2.45, 2.75) is 6.04 Å². The summed E-state index contributed by atoms with van der Waals surface area (Å²) in [5.74, 6) is -0.614. The summed E-state index contributed by atoms with van der Waals surface area (Å²) < 4.78 is 4.69. The molecule has 23 heavy (non-hydrogen) atoms. The molecule has 0 spiro atoms. The number of carbonyl (C=O) groups excluding carboxylic acids is 3. The predicted octanol–water partition coefficient (Wildman–Crippen LogP) is 1.96. The van der Waals surface area contributed by atoms with Crippen LogP contribution in [-0.2, 0) is 9.53 Å². The Morgan fingerprint density at radius 2 is 1.74 bits per heavy atom. The quantitative estimate of drug-likeness (QED) is 0.846. The summed E-state index contributed by atoms with van der Waals surface area (Å²) in [5, 5.41) is 5.07. The van der Waals surface area contributed by atoms with Gasteiger partial charge < -0.3 is 15.4 Å². The van der Waals surface area contributed by atoms with Crippen LogP contribution in [0.4, 0.5) is 10.5 Å². The Labute approximate surface area is 132 Å². The molecule has 1 saturated heterocycles. The molecule has 2 aromatic carbocycles. The summed E-state index contributed by atoms with van der Waals surface area (Å²) in [6.07, 6.45) is -0.626. The van der Waals surface area contributed by atoms with Gasteiger partial charge in [0.25, 0.3) is 5.91 Å². The van der Waals surface area contributed by atoms with Gasteiger partial charge in [-0.15, -0.1) is 0 Å². The zero-order chi connectivity index (χ0) is 16.2. The molecular weight excluding hydrogens is 296 g/mol. The highest BCUT2D eigenvalue weighted by molar-refractivity contribution is 6.14. The number of hydrogen-bond donors (Lipinski definition) is 2. The maximum atomic E-state index is 12.6. The van der Waals surface area contributed by atoms with Gasteiger partial charge in [0.2, 0.25) is 0 Å². The molecule has 2 amide bonds. The van der Waals surface area contributed by atoms with Crippen LogP contribution in [0.1, 0.15) is 15.9 Å². The van der Waals surface area contributed by atoms with Gasteiger partial charge in [-0.1, -0.05) is 42.5 Å². The molecule has 0 unspecified atom stereocenters. The molecule has 0 bridgehead atoms. The molecule has 1 fully saturated rings. The van der Waals surface area contributed by atoms with Crippen molar-refractivity contribution in [1.29, 1.82) is 0 Å². The van der Waals surface area contributed by atoms with Gasteiger partial charge in [0, 0.05) is 11.1 Å². The predicted molar refractivity (Wildman–Crippen MR) is 83.2 cm³/mol. The Hall–Kier alpha value is -3.15. The van der Waals surface area contributed by atoms with Gasteiger partial charge >= 0.3 is 6.09 Å². The second-order valence-electron chi connectivity index (χ2n) is 5.03. The lowest BCUT2D eigenvalue weighted by Crippen LogP contribution is -2.38. The number of cyclic esters (lactones) is 1. The van der Waals surface area contributed by atoms with E-state index in [0.29, 0.717) is 16.8 Å². The second kappa shape index (κ2) is 6.31. The van der Waals surface area contributed by atoms with Crippen molar-refractivity contribution in [2.75, 3.05) is 11.9 Å². The molecule has 6 nitrogen and oxygen atoms in total. The minimum absolute atomic E-state index is 0.0283. The van der Waals surface area contributed by atoms with Crippen molar-refractivity contribution >= 4 is 23.5 Å². The lowest BCUT2D eigenvalue weighted by Gasteiger charge is -2.12. The fourth-order valence-corrected chi connectivity index (χ4v) is 2.28. The Kier molecular flexibility index (Phi) is 4.05. The zero-order valence-corrected chi connectivity index (χ0v) is 12.1. The van der Waals surface area contributed by atoms with Crippen LogP contribution in [0, 0.1) is 0 Å². The van der Waals surface area contributed by atoms with Crippen molar-refractivity contribution < 1.29 is 19.1 Å². The lowest BCUT2D eigenvalue weighted by molar-refractivity contribution is -0.117. The summed E-state index contributed by atoms with van der Waals surface area (Å²) in [4.78, 5) is 35.7. The average molecular weight is 310 g/mol. The van der Waals surface area contributed by atoms with Crippen molar-refractivity contribution in [3.63, 3.8) is 0 Å². The van der Waals surface area contributed by atoms with Crippen molar-refractivity contribution in [3.8, 4) is 0 Å². The molecule has 0 aliphatic carbocycles. The number of ketones is 1. The maximum absolute atomic E-state index is 12.6. The first-order valence-electron chi connectivity index (χ1n) is 7.08. The van der Waals surface area contributed by atoms with E-state index in [4.69, 9.17) is 4.74 Å². The number of rotatable bonds is 4. The van der Waals surface area contributed by atoms with E-state index in [1.165, 1.54) is 0 Å². The number of alkyl carbamates (subject to hydrolysis) is 1. The third-order valence-electron chi connectivity index (χ3n) is 3.46. The average Bonchev–Trinajstić information content (AvgIpc) is 3.02. The minimum Gasteiger partial charge on any atom is -0.447 e. The number of ether oxygens (including phenoxy) is 1. The summed E-state index contributed by atoms with van der Waals surface area (Å²) in [6.45, 7) is -0.0283. The van der Waals surface area contributed by atoms with Crippen molar-refractivity contribution in [1.82, 2.24) is 5.32 Å². The molecular formula is C17H14N2O4. The topological polar surface area (TPSA) is 84.5 Å². The monoisotopic (exact) mass is 310 g/mol. The molecule has 116 valence electrons. The van der Waals surface area contributed by atoms with Crippen molar-refractivity contribution in [3.05, 3.63) is 65.7 Å². The Bertz CT molecular complexity index is 758. The van der Waals surface area contributed by atoms with Gasteiger partial charge in [0.1, 0.15) is 12.6 Å². The van der Waals surface area contributed by atoms with Crippen molar-refractivity contribution in [2.24, 2.45) is 0 Å². The largest absolute Gasteiger partial charge is 0.447 e. The molecule has 6 heteroatoms. The highest BCUT2D eigenvalue weighted by atomic mass is 16.6. The number of benzene rings is 2. The fourth-order valence-electron chi connectivity index (χ4n) is 2.28. The van der Waals surface area contributed by atoms with Crippen LogP contribution in [0.5, 0.6) is 0 Å². The SMILES string of the molecule is O=C1N[C@H](C(=O)Nc2ccccc2C(=O)c2ccccc2)CO1. The van der Waals surface area contributed by atoms with E-state index in [0.717, 1.165) is 0 Å². The normalized spacial score (nSPS) is 16.3. The van der Waals surface area contributed by atoms with Crippen LogP contribution in [0.2, 0.25) is 0 Å². The summed E-state index contributed by atoms with van der Waals surface area (Å²) in [5.41, 5.74) is 1.32. The number of para-hydroxylation sites is 1. The van der Waals surface area contributed by atoms with Crippen LogP contribution in [-0.4, -0.2) is 30.4 Å². The first kappa shape index (κ1) is 14.8. The smallest absolute Gasteiger partial charge is 0.407 e. The molecule has 0 saturated carbocycles. The summed E-state index contributed by atoms with van der Waals surface area (Å²) in [7, 11) is 0. The minimum atomic E-state index is -0.762. The van der Waals surface area contributed by atoms with Crippen LogP contribution in [0.25, 0.3) is 0 Å². The van der Waals surface area contributed by atoms with Gasteiger partial charge in [0.15, 0.2) is 5.78 Å². The Morgan fingerprint density at radius 1 is 1.04 bits per heavy atom. The van der Waals surface area contributed by atoms with Crippen LogP contribution in [0.15, 0.2) is 54.6 Å². The number of nitrogens with one attached hydrogen (secondary N) is 2. The maximum Gasteiger partial charge on any atom is 0.407 e. The van der Waals surface area contributed by atoms with E-state index in [-0.39, 0.29) is 12.4 Å². The Balaban J connectivity index is 1.82. The first-order chi connectivity index (χ1) is 11.1. The number of hydrogen-bond acceptors (Lipinski definition) is 4. The zero-order valence-electron chi connectivity index (χ0n) is 12.1. The van der Waals surface area contributed by atoms with Gasteiger partial charge in [-0.05, 0) is 12.1 Å². The number of anilines is 1. The second-order valence-corrected chi connectivity index (χ2v) is 5.03. The van der Waals surface area contributed by atoms with E-state index in [9.17, 15) is 14.4 Å². The first-order valence-corrected chi connectivity index (χ1v) is 7.08. The Morgan fingerprint density at radius 3 is 2.43 bits per heavy atom. The van der Waals surface area contributed by atoms with E-state index >= 15 is 0 Å². The van der Waals surface area contributed by atoms with Gasteiger partial charge in [-0.2, -0.15) is 0 Å². The molecule has 3 rings (SSSR count). The lowest BCUT2D eigenvalue weighted by atomic mass is 10.0. The van der Waals surface area contributed by atoms with Gasteiger partial charge in [-0.3, -0.25) is 9.59 Å². The molecule has 0 aromatic heterocycles. The van der Waals surface area contributed by atoms with Gasteiger partial charge in [0.05, 0.1) is 5.69 Å². The number of amides is 2. The molecule has 1 atom stereocenters. The van der Waals surface area contributed by atoms with E-state index < -0.39 is 18.0 Å². The van der Waals surface area contributed by atoms with E-state index in [2.05, 4.69) is 10.6 Å². The third-order valence-corrected chi connectivity index (χ3v) is 3.46. The molecule has 2 N–H and O–H groups in total. The molecule has 1 aliphatic rings. The summed E-state index contributed by atoms with van der Waals surface area (Å²) in [6, 6.07) is 14.8. The molecule has 0 radical (unpaired) electrons. The molecule has 2 aromatic rings. The highest BCUT2D eigenvalue weighted by Gasteiger charge is 2.29. The van der Waals surface area contributed by atoms with E-state index in [1.54, 1.807) is 48.5 Å². The molecule has 1 heterocycles. The standard InChI is InChI=1S/C17H14N2O4/c20-15(11-6-2-1-3-7-11)12-8-4-5-9-13(12)18-16(21)14-10-23-17(22)19-14/h1-9,14H,10H2,(H,18,21)(H,19,22)/t14-/m0/s1. The van der Waals surface area contributed by atoms with E-state index in [1.807, 2.05) is 6.07 Å². The third kappa shape index (κ3) is 3.21. The summed E-state index contributed by atoms with van der Waals surface area (Å²) >= 11 is 0. The van der Waals surface area contributed by atoms with Crippen LogP contribution >= 0.6 is 0 Å². The van der Waals surface area contributed by atoms with Crippen LogP contribution in [0.3, 0.4) is 0 Å².